The molecule has 6 rings (SSSR count). The Bertz CT molecular complexity index is 1500. The number of halogens is 1. The number of benzene rings is 2. The maximum atomic E-state index is 11.9. The molecule has 184 valence electrons. The molecule has 2 aromatic heterocycles. The molecule has 1 amide bonds. The minimum absolute atomic E-state index is 0.0256. The molecule has 1 saturated carbocycles. The number of aryl methyl sites for hydroxylation is 2. The van der Waals surface area contributed by atoms with Gasteiger partial charge < -0.3 is 4.90 Å². The summed E-state index contributed by atoms with van der Waals surface area (Å²) in [4.78, 5) is 13.8. The molecule has 36 heavy (non-hydrogen) atoms. The highest BCUT2D eigenvalue weighted by atomic mass is 35.5. The molecule has 1 aliphatic carbocycles. The van der Waals surface area contributed by atoms with Crippen molar-refractivity contribution >= 4 is 28.4 Å². The molecular formula is C29H30ClN5O. The first kappa shape index (κ1) is 23.0. The molecule has 0 unspecified atom stereocenters. The summed E-state index contributed by atoms with van der Waals surface area (Å²) in [6.45, 7) is 11.6. The Labute approximate surface area is 215 Å². The van der Waals surface area contributed by atoms with Crippen LogP contribution in [0.5, 0.6) is 0 Å². The molecule has 2 aliphatic rings. The van der Waals surface area contributed by atoms with Crippen molar-refractivity contribution in [3.63, 3.8) is 0 Å². The van der Waals surface area contributed by atoms with E-state index in [0.29, 0.717) is 6.04 Å². The maximum absolute atomic E-state index is 11.9. The number of aromatic amines is 1. The van der Waals surface area contributed by atoms with E-state index in [4.69, 9.17) is 16.7 Å². The van der Waals surface area contributed by atoms with E-state index < -0.39 is 0 Å². The number of hydrogen-bond acceptors (Lipinski definition) is 3. The lowest BCUT2D eigenvalue weighted by molar-refractivity contribution is -0.149. The molecule has 0 bridgehead atoms. The Kier molecular flexibility index (Phi) is 5.34. The number of fused-ring (bicyclic) bond motifs is 1. The summed E-state index contributed by atoms with van der Waals surface area (Å²) in [6, 6.07) is 11.0. The fourth-order valence-corrected chi connectivity index (χ4v) is 6.39. The Morgan fingerprint density at radius 3 is 2.61 bits per heavy atom. The van der Waals surface area contributed by atoms with Crippen LogP contribution in [0.25, 0.3) is 33.3 Å². The Morgan fingerprint density at radius 1 is 1.22 bits per heavy atom. The van der Waals surface area contributed by atoms with Gasteiger partial charge >= 0.3 is 0 Å². The SMILES string of the molecule is C=CC(=O)N1CC2(CC(n3nc(-c4ccc(CC)cc4)c(-c4c(Cl)c(C)cc5[nH]ncc45)c3C)C2)C1. The third-order valence-electron chi connectivity index (χ3n) is 8.12. The number of nitrogens with one attached hydrogen (secondary N) is 1. The summed E-state index contributed by atoms with van der Waals surface area (Å²) in [5, 5.41) is 14.4. The Hall–Kier alpha value is -3.38. The Balaban J connectivity index is 1.45. The lowest BCUT2D eigenvalue weighted by Crippen LogP contribution is -2.63. The van der Waals surface area contributed by atoms with Crippen LogP contribution in [0.3, 0.4) is 0 Å². The van der Waals surface area contributed by atoms with Crippen molar-refractivity contribution in [3.05, 3.63) is 71.0 Å². The summed E-state index contributed by atoms with van der Waals surface area (Å²) in [5.41, 5.74) is 8.68. The second-order valence-corrected chi connectivity index (χ2v) is 10.9. The van der Waals surface area contributed by atoms with Crippen LogP contribution in [0.15, 0.2) is 49.2 Å². The first-order valence-electron chi connectivity index (χ1n) is 12.6. The van der Waals surface area contributed by atoms with Crippen LogP contribution in [-0.4, -0.2) is 43.9 Å². The first-order chi connectivity index (χ1) is 17.3. The van der Waals surface area contributed by atoms with Crippen molar-refractivity contribution in [2.45, 2.75) is 46.1 Å². The molecule has 1 aliphatic heterocycles. The van der Waals surface area contributed by atoms with E-state index in [1.54, 1.807) is 0 Å². The number of amides is 1. The lowest BCUT2D eigenvalue weighted by Gasteiger charge is -2.58. The summed E-state index contributed by atoms with van der Waals surface area (Å²) in [6.07, 6.45) is 6.30. The van der Waals surface area contributed by atoms with Gasteiger partial charge in [0.1, 0.15) is 5.69 Å². The highest BCUT2D eigenvalue weighted by Gasteiger charge is 2.54. The molecule has 6 nitrogen and oxygen atoms in total. The van der Waals surface area contributed by atoms with Gasteiger partial charge in [0.2, 0.25) is 5.91 Å². The summed E-state index contributed by atoms with van der Waals surface area (Å²) >= 11 is 6.99. The number of carbonyl (C=O) groups excluding carboxylic acids is 1. The molecule has 0 radical (unpaired) electrons. The maximum Gasteiger partial charge on any atom is 0.245 e. The van der Waals surface area contributed by atoms with Crippen LogP contribution in [-0.2, 0) is 11.2 Å². The van der Waals surface area contributed by atoms with Crippen LogP contribution in [0, 0.1) is 19.3 Å². The van der Waals surface area contributed by atoms with Crippen LogP contribution in [0.1, 0.15) is 42.6 Å². The molecule has 4 aromatic rings. The predicted molar refractivity (Wildman–Crippen MR) is 144 cm³/mol. The Morgan fingerprint density at radius 2 is 1.94 bits per heavy atom. The number of aromatic nitrogens is 4. The first-order valence-corrected chi connectivity index (χ1v) is 12.9. The van der Waals surface area contributed by atoms with Gasteiger partial charge in [-0.25, -0.2) is 0 Å². The number of nitrogens with zero attached hydrogens (tertiary/aromatic N) is 4. The fourth-order valence-electron chi connectivity index (χ4n) is 6.14. The highest BCUT2D eigenvalue weighted by molar-refractivity contribution is 6.36. The zero-order valence-electron chi connectivity index (χ0n) is 20.9. The highest BCUT2D eigenvalue weighted by Crippen LogP contribution is 2.55. The fraction of sp³-hybridized carbons (Fsp3) is 0.345. The van der Waals surface area contributed by atoms with Crippen molar-refractivity contribution in [2.75, 3.05) is 13.1 Å². The monoisotopic (exact) mass is 499 g/mol. The molecule has 2 fully saturated rings. The van der Waals surface area contributed by atoms with Gasteiger partial charge in [0.05, 0.1) is 22.8 Å². The number of carbonyl (C=O) groups is 1. The van der Waals surface area contributed by atoms with Gasteiger partial charge in [0.25, 0.3) is 0 Å². The number of rotatable bonds is 5. The standard InChI is InChI=1S/C29H30ClN5O/c1-5-19-7-9-20(10-8-19)28-25(26-22-14-31-32-23(22)11-17(3)27(26)30)18(4)35(33-28)21-12-29(13-21)15-34(16-29)24(36)6-2/h6-11,14,21H,2,5,12-13,15-16H2,1,3-4H3,(H,31,32). The predicted octanol–water partition coefficient (Wildman–Crippen LogP) is 6.28. The van der Waals surface area contributed by atoms with E-state index in [9.17, 15) is 4.79 Å². The van der Waals surface area contributed by atoms with Gasteiger partial charge in [0, 0.05) is 46.3 Å². The third-order valence-corrected chi connectivity index (χ3v) is 8.61. The molecule has 3 heterocycles. The average molecular weight is 500 g/mol. The lowest BCUT2D eigenvalue weighted by atomic mass is 9.60. The third kappa shape index (κ3) is 3.42. The van der Waals surface area contributed by atoms with Gasteiger partial charge in [-0.15, -0.1) is 0 Å². The number of likely N-dealkylation sites (tertiary alicyclic amines) is 1. The normalized spacial score (nSPS) is 16.8. The molecule has 1 N–H and O–H groups in total. The smallest absolute Gasteiger partial charge is 0.245 e. The molecule has 2 aromatic carbocycles. The summed E-state index contributed by atoms with van der Waals surface area (Å²) < 4.78 is 2.20. The van der Waals surface area contributed by atoms with Crippen molar-refractivity contribution in [1.29, 1.82) is 0 Å². The van der Waals surface area contributed by atoms with Gasteiger partial charge in [-0.1, -0.05) is 49.4 Å². The second-order valence-electron chi connectivity index (χ2n) is 10.5. The average Bonchev–Trinajstić information content (AvgIpc) is 3.42. The van der Waals surface area contributed by atoms with E-state index in [1.165, 1.54) is 11.6 Å². The largest absolute Gasteiger partial charge is 0.338 e. The quantitative estimate of drug-likeness (QED) is 0.329. The molecule has 1 saturated heterocycles. The molecule has 7 heteroatoms. The van der Waals surface area contributed by atoms with E-state index in [0.717, 1.165) is 81.9 Å². The molecule has 1 spiro atoms. The topological polar surface area (TPSA) is 66.8 Å². The second kappa shape index (κ2) is 8.34. The van der Waals surface area contributed by atoms with Crippen LogP contribution in [0.4, 0.5) is 0 Å². The summed E-state index contributed by atoms with van der Waals surface area (Å²) in [5.74, 6) is 0.0256. The molecular weight excluding hydrogens is 470 g/mol. The van der Waals surface area contributed by atoms with Crippen molar-refractivity contribution in [1.82, 2.24) is 24.9 Å². The summed E-state index contributed by atoms with van der Waals surface area (Å²) in [7, 11) is 0. The van der Waals surface area contributed by atoms with E-state index in [-0.39, 0.29) is 11.3 Å². The van der Waals surface area contributed by atoms with Crippen LogP contribution in [0.2, 0.25) is 5.02 Å². The van der Waals surface area contributed by atoms with Crippen molar-refractivity contribution in [2.24, 2.45) is 5.41 Å². The van der Waals surface area contributed by atoms with Gasteiger partial charge in [0.15, 0.2) is 0 Å². The van der Waals surface area contributed by atoms with Gasteiger partial charge in [-0.2, -0.15) is 10.2 Å². The van der Waals surface area contributed by atoms with E-state index in [2.05, 4.69) is 59.6 Å². The minimum atomic E-state index is 0.0256. The number of hydrogen-bond donors (Lipinski definition) is 1. The van der Waals surface area contributed by atoms with Crippen molar-refractivity contribution in [3.8, 4) is 22.4 Å². The number of H-pyrrole nitrogens is 1. The zero-order chi connectivity index (χ0) is 25.2. The van der Waals surface area contributed by atoms with Crippen LogP contribution < -0.4 is 0 Å². The van der Waals surface area contributed by atoms with Gasteiger partial charge in [-0.05, 0) is 56.4 Å². The van der Waals surface area contributed by atoms with E-state index in [1.807, 2.05) is 24.1 Å². The van der Waals surface area contributed by atoms with E-state index >= 15 is 0 Å². The van der Waals surface area contributed by atoms with Crippen LogP contribution >= 0.6 is 11.6 Å². The van der Waals surface area contributed by atoms with Crippen molar-refractivity contribution < 1.29 is 4.79 Å². The minimum Gasteiger partial charge on any atom is -0.338 e. The van der Waals surface area contributed by atoms with Gasteiger partial charge in [-0.3, -0.25) is 14.6 Å². The zero-order valence-corrected chi connectivity index (χ0v) is 21.7. The molecule has 0 atom stereocenters.